The molecule has 0 aliphatic carbocycles. The van der Waals surface area contributed by atoms with Crippen molar-refractivity contribution in [1.29, 1.82) is 0 Å². The van der Waals surface area contributed by atoms with E-state index < -0.39 is 18.5 Å². The normalized spacial score (nSPS) is 18.2. The average molecular weight is 301 g/mol. The molecule has 0 unspecified atom stereocenters. The number of methoxy groups -OCH3 is 1. The van der Waals surface area contributed by atoms with Gasteiger partial charge in [0.25, 0.3) is 0 Å². The predicted octanol–water partition coefficient (Wildman–Crippen LogP) is 5.97. The molecule has 2 nitrogen and oxygen atoms in total. The Kier molecular flexibility index (Phi) is 9.32. The zero-order valence-electron chi connectivity index (χ0n) is 19.6. The Morgan fingerprint density at radius 3 is 2.14 bits per heavy atom. The van der Waals surface area contributed by atoms with Crippen LogP contribution in [0, 0.1) is 0 Å². The topological polar surface area (TPSA) is 26.3 Å². The summed E-state index contributed by atoms with van der Waals surface area (Å²) in [7, 11) is 1.37. The van der Waals surface area contributed by atoms with Crippen molar-refractivity contribution in [2.75, 3.05) is 7.11 Å². The Morgan fingerprint density at radius 1 is 0.952 bits per heavy atom. The fourth-order valence-electron chi connectivity index (χ4n) is 1.82. The van der Waals surface area contributed by atoms with Crippen molar-refractivity contribution in [1.82, 2.24) is 0 Å². The predicted molar refractivity (Wildman–Crippen MR) is 91.4 cm³/mol. The van der Waals surface area contributed by atoms with E-state index in [4.69, 9.17) is 8.22 Å². The molecule has 21 heavy (non-hydrogen) atoms. The number of allylic oxidation sites excluding steroid dienone is 4. The highest BCUT2D eigenvalue weighted by molar-refractivity contribution is 5.68. The Hall–Kier alpha value is -1.05. The molecular weight excluding hydrogens is 260 g/mol. The van der Waals surface area contributed by atoms with Crippen molar-refractivity contribution in [2.24, 2.45) is 0 Å². The molecule has 0 N–H and O–H groups in total. The summed E-state index contributed by atoms with van der Waals surface area (Å²) in [6, 6.07) is -1.22. The highest BCUT2D eigenvalue weighted by Gasteiger charge is 1.98. The number of hydrogen-bond acceptors (Lipinski definition) is 2. The summed E-state index contributed by atoms with van der Waals surface area (Å²) in [6.07, 6.45) is 5.33. The van der Waals surface area contributed by atoms with Gasteiger partial charge >= 0.3 is 5.97 Å². The first-order chi connectivity index (χ1) is 12.7. The first kappa shape index (κ1) is 11.5. The van der Waals surface area contributed by atoms with Crippen LogP contribution >= 0.6 is 0 Å². The van der Waals surface area contributed by atoms with E-state index in [9.17, 15) is 4.79 Å². The van der Waals surface area contributed by atoms with Crippen LogP contribution in [0.3, 0.4) is 0 Å². The molecular formula is C19H34O2. The largest absolute Gasteiger partial charge is 0.469 e. The molecule has 0 aromatic rings. The molecule has 0 aromatic carbocycles. The summed E-state index contributed by atoms with van der Waals surface area (Å²) >= 11 is 0. The van der Waals surface area contributed by atoms with Gasteiger partial charge in [-0.1, -0.05) is 63.2 Å². The van der Waals surface area contributed by atoms with Crippen LogP contribution in [0.1, 0.15) is 92.2 Å². The molecule has 0 fully saturated rings. The molecule has 0 radical (unpaired) electrons. The minimum Gasteiger partial charge on any atom is -0.469 e. The summed E-state index contributed by atoms with van der Waals surface area (Å²) in [4.78, 5) is 11.0. The summed E-state index contributed by atoms with van der Waals surface area (Å²) in [6.45, 7) is 2.03. The highest BCUT2D eigenvalue weighted by atomic mass is 16.5. The third kappa shape index (κ3) is 16.9. The van der Waals surface area contributed by atoms with Crippen molar-refractivity contribution in [3.8, 4) is 0 Å². The maximum absolute atomic E-state index is 11.0. The van der Waals surface area contributed by atoms with Crippen molar-refractivity contribution in [3.63, 3.8) is 0 Å². The lowest BCUT2D eigenvalue weighted by molar-refractivity contribution is -0.140. The van der Waals surface area contributed by atoms with E-state index in [1.165, 1.54) is 7.11 Å². The van der Waals surface area contributed by atoms with Gasteiger partial charge in [0.05, 0.1) is 12.6 Å². The number of unbranched alkanes of at least 4 members (excludes halogenated alkanes) is 6. The summed E-state index contributed by atoms with van der Waals surface area (Å²) in [5, 5.41) is 0. The quantitative estimate of drug-likeness (QED) is 0.224. The minimum absolute atomic E-state index is 0.0865. The van der Waals surface area contributed by atoms with Crippen LogP contribution in [0.25, 0.3) is 0 Å². The number of ether oxygens (including phenoxy) is 1. The van der Waals surface area contributed by atoms with Gasteiger partial charge in [-0.15, -0.1) is 0 Å². The molecule has 0 saturated carbocycles. The number of carbonyl (C=O) groups excluding carboxylic acids is 1. The standard InChI is InChI=1S/C19H34O2/c1-3-4-5-6-7-8-9-10-11-12-13-14-15-16-17-18-19(20)21-2/h7-8,10-11H,3-6,9,12-18H2,1-2H3/b8-7-,11-10-/i7D,8D,9D2,10D,11D. The lowest BCUT2D eigenvalue weighted by Gasteiger charge is -1.99. The van der Waals surface area contributed by atoms with Gasteiger partial charge in [-0.05, 0) is 38.5 Å². The fourth-order valence-corrected chi connectivity index (χ4v) is 1.82. The Balaban J connectivity index is 4.50. The molecule has 0 spiro atoms. The molecule has 0 amide bonds. The van der Waals surface area contributed by atoms with E-state index in [2.05, 4.69) is 4.74 Å². The maximum Gasteiger partial charge on any atom is 0.305 e. The second kappa shape index (κ2) is 17.0. The average Bonchev–Trinajstić information content (AvgIpc) is 2.65. The number of hydrogen-bond donors (Lipinski definition) is 0. The molecule has 122 valence electrons. The van der Waals surface area contributed by atoms with E-state index in [-0.39, 0.29) is 24.5 Å². The SMILES string of the molecule is [2H]/C(CCCCC)=C(\[2H])C([2H])([2H])/C([2H])=C(/[2H])CCCCCCCC(=O)OC. The first-order valence-electron chi connectivity index (χ1n) is 11.1. The molecule has 0 aliphatic heterocycles. The van der Waals surface area contributed by atoms with Crippen LogP contribution in [0.2, 0.25) is 0 Å². The van der Waals surface area contributed by atoms with Gasteiger partial charge < -0.3 is 4.74 Å². The zero-order valence-corrected chi connectivity index (χ0v) is 13.6. The summed E-state index contributed by atoms with van der Waals surface area (Å²) < 4.78 is 52.3. The van der Waals surface area contributed by atoms with Gasteiger partial charge in [0.1, 0.15) is 0 Å². The maximum atomic E-state index is 11.0. The number of rotatable bonds is 14. The van der Waals surface area contributed by atoms with Gasteiger partial charge in [0.2, 0.25) is 0 Å². The molecule has 0 bridgehead atoms. The highest BCUT2D eigenvalue weighted by Crippen LogP contribution is 2.08. The molecule has 0 rings (SSSR count). The van der Waals surface area contributed by atoms with Crippen molar-refractivity contribution in [3.05, 3.63) is 24.2 Å². The summed E-state index contributed by atoms with van der Waals surface area (Å²) in [5.41, 5.74) is 0. The van der Waals surface area contributed by atoms with Crippen LogP contribution in [0.5, 0.6) is 0 Å². The van der Waals surface area contributed by atoms with Crippen LogP contribution in [0.4, 0.5) is 0 Å². The fraction of sp³-hybridized carbons (Fsp3) is 0.737. The number of esters is 1. The van der Waals surface area contributed by atoms with E-state index in [0.29, 0.717) is 19.3 Å². The lowest BCUT2D eigenvalue weighted by Crippen LogP contribution is -1.98. The van der Waals surface area contributed by atoms with Crippen LogP contribution in [0.15, 0.2) is 24.2 Å². The molecule has 0 heterocycles. The van der Waals surface area contributed by atoms with Crippen molar-refractivity contribution >= 4 is 5.97 Å². The molecule has 0 aliphatic rings. The van der Waals surface area contributed by atoms with Crippen LogP contribution in [-0.2, 0) is 9.53 Å². The zero-order chi connectivity index (χ0) is 20.9. The molecule has 0 aromatic heterocycles. The smallest absolute Gasteiger partial charge is 0.305 e. The first-order valence-corrected chi connectivity index (χ1v) is 8.08. The van der Waals surface area contributed by atoms with E-state index >= 15 is 0 Å². The van der Waals surface area contributed by atoms with E-state index in [1.807, 2.05) is 6.92 Å². The van der Waals surface area contributed by atoms with Gasteiger partial charge in [0.15, 0.2) is 0 Å². The number of carbonyl (C=O) groups is 1. The van der Waals surface area contributed by atoms with E-state index in [1.54, 1.807) is 0 Å². The Bertz CT molecular complexity index is 514. The monoisotopic (exact) mass is 300 g/mol. The van der Waals surface area contributed by atoms with Gasteiger partial charge in [-0.25, -0.2) is 0 Å². The summed E-state index contributed by atoms with van der Waals surface area (Å²) in [5.74, 6) is -0.213. The lowest BCUT2D eigenvalue weighted by atomic mass is 10.1. The van der Waals surface area contributed by atoms with Gasteiger partial charge in [0, 0.05) is 9.16 Å². The molecule has 0 saturated heterocycles. The Morgan fingerprint density at radius 2 is 1.52 bits per heavy atom. The third-order valence-electron chi connectivity index (χ3n) is 3.12. The molecule has 0 atom stereocenters. The van der Waals surface area contributed by atoms with Gasteiger partial charge in [-0.2, -0.15) is 0 Å². The van der Waals surface area contributed by atoms with Crippen LogP contribution in [-0.4, -0.2) is 13.1 Å². The van der Waals surface area contributed by atoms with Crippen LogP contribution < -0.4 is 0 Å². The van der Waals surface area contributed by atoms with Crippen molar-refractivity contribution < 1.29 is 17.8 Å². The van der Waals surface area contributed by atoms with Gasteiger partial charge in [-0.3, -0.25) is 4.79 Å². The molecule has 2 heteroatoms. The van der Waals surface area contributed by atoms with Crippen molar-refractivity contribution in [2.45, 2.75) is 83.9 Å². The second-order valence-electron chi connectivity index (χ2n) is 5.03. The Labute approximate surface area is 140 Å². The second-order valence-corrected chi connectivity index (χ2v) is 5.03. The van der Waals surface area contributed by atoms with E-state index in [0.717, 1.165) is 44.9 Å². The minimum atomic E-state index is -2.39. The third-order valence-corrected chi connectivity index (χ3v) is 3.12.